The molecular weight excluding hydrogens is 250 g/mol. The molecule has 1 amide bonds. The Morgan fingerprint density at radius 2 is 2.25 bits per heavy atom. The van der Waals surface area contributed by atoms with E-state index in [0.29, 0.717) is 4.34 Å². The Morgan fingerprint density at radius 1 is 1.56 bits per heavy atom. The first-order chi connectivity index (χ1) is 7.47. The first-order valence-electron chi connectivity index (χ1n) is 4.72. The largest absolute Gasteiger partial charge is 0.481 e. The first kappa shape index (κ1) is 13.0. The van der Waals surface area contributed by atoms with Crippen LogP contribution in [-0.4, -0.2) is 23.0 Å². The monoisotopic (exact) mass is 261 g/mol. The maximum atomic E-state index is 11.5. The van der Waals surface area contributed by atoms with Crippen LogP contribution in [0.5, 0.6) is 0 Å². The Kier molecular flexibility index (Phi) is 4.76. The average Bonchev–Trinajstić information content (AvgIpc) is 2.48. The van der Waals surface area contributed by atoms with Gasteiger partial charge in [0.15, 0.2) is 0 Å². The normalized spacial score (nSPS) is 12.1. The van der Waals surface area contributed by atoms with Crippen molar-refractivity contribution >= 4 is 34.8 Å². The molecule has 88 valence electrons. The summed E-state index contributed by atoms with van der Waals surface area (Å²) in [6, 6.07) is 3.16. The van der Waals surface area contributed by atoms with Crippen molar-refractivity contribution in [3.8, 4) is 0 Å². The molecule has 1 heterocycles. The van der Waals surface area contributed by atoms with Gasteiger partial charge in [-0.15, -0.1) is 11.3 Å². The molecule has 16 heavy (non-hydrogen) atoms. The molecule has 0 aliphatic heterocycles. The maximum Gasteiger partial charge on any atom is 0.305 e. The summed E-state index contributed by atoms with van der Waals surface area (Å²) in [5, 5.41) is 11.1. The number of halogens is 1. The van der Waals surface area contributed by atoms with Crippen LogP contribution < -0.4 is 5.32 Å². The van der Waals surface area contributed by atoms with Crippen molar-refractivity contribution in [1.29, 1.82) is 0 Å². The van der Waals surface area contributed by atoms with Crippen LogP contribution in [0.15, 0.2) is 12.1 Å². The Morgan fingerprint density at radius 3 is 2.75 bits per heavy atom. The second-order valence-electron chi connectivity index (χ2n) is 3.45. The van der Waals surface area contributed by atoms with Gasteiger partial charge in [0.05, 0.1) is 17.2 Å². The lowest BCUT2D eigenvalue weighted by atomic mass is 10.2. The summed E-state index contributed by atoms with van der Waals surface area (Å²) in [5.41, 5.74) is 0. The van der Waals surface area contributed by atoms with Crippen molar-refractivity contribution in [2.45, 2.75) is 25.8 Å². The van der Waals surface area contributed by atoms with E-state index < -0.39 is 5.97 Å². The average molecular weight is 262 g/mol. The molecule has 2 N–H and O–H groups in total. The Balaban J connectivity index is 2.38. The lowest BCUT2D eigenvalue weighted by Gasteiger charge is -2.10. The molecule has 0 radical (unpaired) electrons. The van der Waals surface area contributed by atoms with E-state index in [-0.39, 0.29) is 24.8 Å². The molecule has 6 heteroatoms. The summed E-state index contributed by atoms with van der Waals surface area (Å²) in [4.78, 5) is 22.7. The molecule has 4 nitrogen and oxygen atoms in total. The number of carboxylic acid groups (broad SMARTS) is 1. The molecule has 0 aliphatic rings. The van der Waals surface area contributed by atoms with Crippen molar-refractivity contribution in [2.75, 3.05) is 0 Å². The number of hydrogen-bond acceptors (Lipinski definition) is 3. The summed E-state index contributed by atoms with van der Waals surface area (Å²) in [5.74, 6) is -1.11. The molecule has 0 fully saturated rings. The van der Waals surface area contributed by atoms with Crippen molar-refractivity contribution in [1.82, 2.24) is 5.32 Å². The topological polar surface area (TPSA) is 66.4 Å². The fraction of sp³-hybridized carbons (Fsp3) is 0.400. The minimum atomic E-state index is -0.924. The van der Waals surface area contributed by atoms with Gasteiger partial charge in [0.25, 0.3) is 0 Å². The van der Waals surface area contributed by atoms with Gasteiger partial charge in [0.1, 0.15) is 0 Å². The number of rotatable bonds is 5. The van der Waals surface area contributed by atoms with Crippen LogP contribution in [0.25, 0.3) is 0 Å². The highest BCUT2D eigenvalue weighted by atomic mass is 35.5. The van der Waals surface area contributed by atoms with E-state index in [1.54, 1.807) is 19.1 Å². The molecule has 0 aromatic carbocycles. The second-order valence-corrected chi connectivity index (χ2v) is 5.25. The van der Waals surface area contributed by atoms with Crippen molar-refractivity contribution in [3.63, 3.8) is 0 Å². The molecule has 1 aromatic rings. The summed E-state index contributed by atoms with van der Waals surface area (Å²) < 4.78 is 0.640. The van der Waals surface area contributed by atoms with Crippen LogP contribution in [0.3, 0.4) is 0 Å². The summed E-state index contributed by atoms with van der Waals surface area (Å²) in [6.45, 7) is 1.66. The zero-order valence-electron chi connectivity index (χ0n) is 8.70. The van der Waals surface area contributed by atoms with Crippen LogP contribution in [0, 0.1) is 0 Å². The SMILES string of the molecule is CC(CC(=O)O)NC(=O)Cc1ccc(Cl)s1. The quantitative estimate of drug-likeness (QED) is 0.851. The van der Waals surface area contributed by atoms with Crippen LogP contribution in [0.2, 0.25) is 4.34 Å². The smallest absolute Gasteiger partial charge is 0.305 e. The Bertz CT molecular complexity index is 391. The first-order valence-corrected chi connectivity index (χ1v) is 5.92. The van der Waals surface area contributed by atoms with E-state index >= 15 is 0 Å². The number of carboxylic acids is 1. The van der Waals surface area contributed by atoms with E-state index in [1.165, 1.54) is 11.3 Å². The fourth-order valence-corrected chi connectivity index (χ4v) is 2.33. The Labute approximate surface area is 102 Å². The molecule has 0 saturated carbocycles. The van der Waals surface area contributed by atoms with E-state index in [0.717, 1.165) is 4.88 Å². The predicted octanol–water partition coefficient (Wildman–Crippen LogP) is 1.92. The molecule has 1 aromatic heterocycles. The third kappa shape index (κ3) is 4.63. The highest BCUT2D eigenvalue weighted by Crippen LogP contribution is 2.21. The van der Waals surface area contributed by atoms with Crippen molar-refractivity contribution in [2.24, 2.45) is 0 Å². The number of carbonyl (C=O) groups excluding carboxylic acids is 1. The van der Waals surface area contributed by atoms with Gasteiger partial charge in [-0.3, -0.25) is 9.59 Å². The standard InChI is InChI=1S/C10H12ClNO3S/c1-6(4-10(14)15)12-9(13)5-7-2-3-8(11)16-7/h2-3,6H,4-5H2,1H3,(H,12,13)(H,14,15). The van der Waals surface area contributed by atoms with Crippen LogP contribution in [0.4, 0.5) is 0 Å². The van der Waals surface area contributed by atoms with Crippen LogP contribution >= 0.6 is 22.9 Å². The molecule has 1 unspecified atom stereocenters. The van der Waals surface area contributed by atoms with E-state index in [1.807, 2.05) is 0 Å². The van der Waals surface area contributed by atoms with Gasteiger partial charge in [-0.1, -0.05) is 11.6 Å². The highest BCUT2D eigenvalue weighted by Gasteiger charge is 2.12. The lowest BCUT2D eigenvalue weighted by molar-refractivity contribution is -0.137. The van der Waals surface area contributed by atoms with E-state index in [9.17, 15) is 9.59 Å². The third-order valence-corrected chi connectivity index (χ3v) is 3.08. The van der Waals surface area contributed by atoms with Gasteiger partial charge >= 0.3 is 5.97 Å². The molecule has 0 bridgehead atoms. The van der Waals surface area contributed by atoms with Gasteiger partial charge in [-0.2, -0.15) is 0 Å². The molecule has 0 aliphatic carbocycles. The van der Waals surface area contributed by atoms with Crippen LogP contribution in [0.1, 0.15) is 18.2 Å². The third-order valence-electron chi connectivity index (χ3n) is 1.85. The fourth-order valence-electron chi connectivity index (χ4n) is 1.24. The molecular formula is C10H12ClNO3S. The van der Waals surface area contributed by atoms with Crippen molar-refractivity contribution in [3.05, 3.63) is 21.3 Å². The number of amides is 1. The molecule has 0 spiro atoms. The Hall–Kier alpha value is -1.07. The van der Waals surface area contributed by atoms with Crippen LogP contribution in [-0.2, 0) is 16.0 Å². The summed E-state index contributed by atoms with van der Waals surface area (Å²) in [7, 11) is 0. The van der Waals surface area contributed by atoms with E-state index in [2.05, 4.69) is 5.32 Å². The van der Waals surface area contributed by atoms with Gasteiger partial charge in [-0.25, -0.2) is 0 Å². The molecule has 0 saturated heterocycles. The predicted molar refractivity (Wildman–Crippen MR) is 62.9 cm³/mol. The molecule has 1 rings (SSSR count). The zero-order valence-corrected chi connectivity index (χ0v) is 10.3. The van der Waals surface area contributed by atoms with Gasteiger partial charge in [0.2, 0.25) is 5.91 Å². The number of hydrogen-bond donors (Lipinski definition) is 2. The zero-order chi connectivity index (χ0) is 12.1. The summed E-state index contributed by atoms with van der Waals surface area (Å²) >= 11 is 7.07. The van der Waals surface area contributed by atoms with Gasteiger partial charge in [-0.05, 0) is 19.1 Å². The number of aliphatic carboxylic acids is 1. The van der Waals surface area contributed by atoms with Gasteiger partial charge in [0, 0.05) is 10.9 Å². The highest BCUT2D eigenvalue weighted by molar-refractivity contribution is 7.16. The number of thiophene rings is 1. The minimum absolute atomic E-state index is 0.0725. The summed E-state index contributed by atoms with van der Waals surface area (Å²) in [6.07, 6.45) is 0.165. The molecule has 1 atom stereocenters. The van der Waals surface area contributed by atoms with Crippen molar-refractivity contribution < 1.29 is 14.7 Å². The number of nitrogens with one attached hydrogen (secondary N) is 1. The lowest BCUT2D eigenvalue weighted by Crippen LogP contribution is -2.35. The minimum Gasteiger partial charge on any atom is -0.481 e. The van der Waals surface area contributed by atoms with Gasteiger partial charge < -0.3 is 10.4 Å². The maximum absolute atomic E-state index is 11.5. The van der Waals surface area contributed by atoms with E-state index in [4.69, 9.17) is 16.7 Å². The number of carbonyl (C=O) groups is 2. The second kappa shape index (κ2) is 5.86.